The molecule has 1 aliphatic rings. The molecule has 1 unspecified atom stereocenters. The van der Waals surface area contributed by atoms with E-state index in [-0.39, 0.29) is 12.1 Å². The fourth-order valence-electron chi connectivity index (χ4n) is 2.61. The van der Waals surface area contributed by atoms with Crippen LogP contribution in [0.4, 0.5) is 10.5 Å². The van der Waals surface area contributed by atoms with Gasteiger partial charge in [-0.05, 0) is 74.8 Å². The molecule has 1 saturated heterocycles. The smallest absolute Gasteiger partial charge is 0.410 e. The van der Waals surface area contributed by atoms with E-state index in [0.29, 0.717) is 0 Å². The maximum Gasteiger partial charge on any atom is 0.410 e. The second-order valence-electron chi connectivity index (χ2n) is 6.68. The highest BCUT2D eigenvalue weighted by Gasteiger charge is 2.30. The quantitative estimate of drug-likeness (QED) is 0.739. The van der Waals surface area contributed by atoms with Crippen LogP contribution in [0.25, 0.3) is 0 Å². The van der Waals surface area contributed by atoms with Crippen LogP contribution in [0, 0.1) is 3.57 Å². The van der Waals surface area contributed by atoms with E-state index in [1.807, 2.05) is 37.8 Å². The number of likely N-dealkylation sites (tertiary alicyclic amines) is 1. The molecule has 1 atom stereocenters. The highest BCUT2D eigenvalue weighted by Crippen LogP contribution is 2.22. The van der Waals surface area contributed by atoms with E-state index in [0.717, 1.165) is 38.0 Å². The first-order valence-electron chi connectivity index (χ1n) is 7.85. The molecular weight excluding hydrogens is 391 g/mol. The second-order valence-corrected chi connectivity index (χ2v) is 7.85. The van der Waals surface area contributed by atoms with E-state index in [1.165, 1.54) is 3.57 Å². The molecule has 1 fully saturated rings. The number of carbonyl (C=O) groups excluding carboxylic acids is 1. The Morgan fingerprint density at radius 3 is 2.77 bits per heavy atom. The molecule has 0 aromatic heterocycles. The first-order valence-corrected chi connectivity index (χ1v) is 8.93. The molecule has 22 heavy (non-hydrogen) atoms. The molecule has 0 aliphatic carbocycles. The number of para-hydroxylation sites is 1. The lowest BCUT2D eigenvalue weighted by Crippen LogP contribution is -2.48. The van der Waals surface area contributed by atoms with Crippen molar-refractivity contribution in [1.29, 1.82) is 0 Å². The third-order valence-electron chi connectivity index (χ3n) is 3.66. The Kier molecular flexibility index (Phi) is 5.94. The zero-order valence-electron chi connectivity index (χ0n) is 13.6. The first-order chi connectivity index (χ1) is 10.4. The largest absolute Gasteiger partial charge is 0.444 e. The van der Waals surface area contributed by atoms with Crippen LogP contribution in [0.1, 0.15) is 40.0 Å². The normalized spacial score (nSPS) is 18.9. The average molecular weight is 416 g/mol. The monoisotopic (exact) mass is 416 g/mol. The summed E-state index contributed by atoms with van der Waals surface area (Å²) in [6.07, 6.45) is 3.05. The minimum Gasteiger partial charge on any atom is -0.444 e. The summed E-state index contributed by atoms with van der Waals surface area (Å²) >= 11 is 2.32. The average Bonchev–Trinajstić information content (AvgIpc) is 2.45. The van der Waals surface area contributed by atoms with E-state index < -0.39 is 5.60 Å². The van der Waals surface area contributed by atoms with Crippen molar-refractivity contribution in [2.75, 3.05) is 18.4 Å². The molecule has 5 heteroatoms. The van der Waals surface area contributed by atoms with Crippen LogP contribution in [0.3, 0.4) is 0 Å². The van der Waals surface area contributed by atoms with Gasteiger partial charge >= 0.3 is 6.09 Å². The fraction of sp³-hybridized carbons (Fsp3) is 0.588. The molecule has 0 saturated carbocycles. The molecule has 1 N–H and O–H groups in total. The molecule has 1 heterocycles. The predicted octanol–water partition coefficient (Wildman–Crippen LogP) is 4.49. The molecule has 122 valence electrons. The summed E-state index contributed by atoms with van der Waals surface area (Å²) in [6, 6.07) is 8.40. The Morgan fingerprint density at radius 1 is 1.36 bits per heavy atom. The molecule has 4 nitrogen and oxygen atoms in total. The standard InChI is InChI=1S/C17H25IN2O2/c1-17(2,3)22-16(21)20-11-7-6-8-13(20)12-19-15-10-5-4-9-14(15)18/h4-5,9-10,13,19H,6-8,11-12H2,1-3H3. The molecular formula is C17H25IN2O2. The predicted molar refractivity (Wildman–Crippen MR) is 98.2 cm³/mol. The van der Waals surface area contributed by atoms with Gasteiger partial charge in [0, 0.05) is 22.3 Å². The van der Waals surface area contributed by atoms with Gasteiger partial charge in [-0.3, -0.25) is 0 Å². The van der Waals surface area contributed by atoms with Crippen LogP contribution in [0.15, 0.2) is 24.3 Å². The van der Waals surface area contributed by atoms with E-state index in [2.05, 4.69) is 40.0 Å². The lowest BCUT2D eigenvalue weighted by molar-refractivity contribution is 0.0114. The summed E-state index contributed by atoms with van der Waals surface area (Å²) in [4.78, 5) is 14.3. The van der Waals surface area contributed by atoms with E-state index in [4.69, 9.17) is 4.74 Å². The molecule has 1 aliphatic heterocycles. The van der Waals surface area contributed by atoms with Gasteiger partial charge in [0.15, 0.2) is 0 Å². The topological polar surface area (TPSA) is 41.6 Å². The van der Waals surface area contributed by atoms with Gasteiger partial charge in [-0.2, -0.15) is 0 Å². The summed E-state index contributed by atoms with van der Waals surface area (Å²) < 4.78 is 6.74. The number of carbonyl (C=O) groups is 1. The summed E-state index contributed by atoms with van der Waals surface area (Å²) in [5.41, 5.74) is 0.680. The Balaban J connectivity index is 1.98. The zero-order valence-corrected chi connectivity index (χ0v) is 15.7. The van der Waals surface area contributed by atoms with Crippen LogP contribution < -0.4 is 5.32 Å². The molecule has 1 amide bonds. The van der Waals surface area contributed by atoms with Crippen molar-refractivity contribution in [2.45, 2.75) is 51.7 Å². The van der Waals surface area contributed by atoms with Crippen LogP contribution in [-0.4, -0.2) is 35.7 Å². The third-order valence-corrected chi connectivity index (χ3v) is 4.60. The number of anilines is 1. The van der Waals surface area contributed by atoms with Crippen LogP contribution >= 0.6 is 22.6 Å². The number of piperidine rings is 1. The van der Waals surface area contributed by atoms with Gasteiger partial charge in [0.2, 0.25) is 0 Å². The van der Waals surface area contributed by atoms with Crippen molar-refractivity contribution in [1.82, 2.24) is 4.90 Å². The number of nitrogens with one attached hydrogen (secondary N) is 1. The Hall–Kier alpha value is -0.980. The van der Waals surface area contributed by atoms with Crippen molar-refractivity contribution < 1.29 is 9.53 Å². The highest BCUT2D eigenvalue weighted by atomic mass is 127. The van der Waals surface area contributed by atoms with Crippen LogP contribution in [0.5, 0.6) is 0 Å². The summed E-state index contributed by atoms with van der Waals surface area (Å²) in [7, 11) is 0. The Bertz CT molecular complexity index is 514. The van der Waals surface area contributed by atoms with E-state index >= 15 is 0 Å². The Morgan fingerprint density at radius 2 is 2.09 bits per heavy atom. The van der Waals surface area contributed by atoms with Crippen LogP contribution in [-0.2, 0) is 4.74 Å². The number of hydrogen-bond acceptors (Lipinski definition) is 3. The van der Waals surface area contributed by atoms with Gasteiger partial charge in [0.25, 0.3) is 0 Å². The van der Waals surface area contributed by atoms with Crippen molar-refractivity contribution in [3.63, 3.8) is 0 Å². The van der Waals surface area contributed by atoms with Crippen molar-refractivity contribution in [3.05, 3.63) is 27.8 Å². The molecule has 1 aromatic carbocycles. The summed E-state index contributed by atoms with van der Waals surface area (Å²) in [5.74, 6) is 0. The number of ether oxygens (including phenoxy) is 1. The molecule has 2 rings (SSSR count). The number of hydrogen-bond donors (Lipinski definition) is 1. The summed E-state index contributed by atoms with van der Waals surface area (Å²) in [6.45, 7) is 7.28. The van der Waals surface area contributed by atoms with Crippen molar-refractivity contribution in [2.24, 2.45) is 0 Å². The van der Waals surface area contributed by atoms with Crippen molar-refractivity contribution in [3.8, 4) is 0 Å². The molecule has 1 aromatic rings. The van der Waals surface area contributed by atoms with Gasteiger partial charge in [0.1, 0.15) is 5.60 Å². The van der Waals surface area contributed by atoms with Gasteiger partial charge in [-0.1, -0.05) is 12.1 Å². The second kappa shape index (κ2) is 7.53. The highest BCUT2D eigenvalue weighted by molar-refractivity contribution is 14.1. The number of benzene rings is 1. The van der Waals surface area contributed by atoms with Crippen molar-refractivity contribution >= 4 is 34.4 Å². The minimum atomic E-state index is -0.443. The number of rotatable bonds is 3. The van der Waals surface area contributed by atoms with Crippen LogP contribution in [0.2, 0.25) is 0 Å². The zero-order chi connectivity index (χ0) is 16.2. The lowest BCUT2D eigenvalue weighted by atomic mass is 10.0. The minimum absolute atomic E-state index is 0.193. The SMILES string of the molecule is CC(C)(C)OC(=O)N1CCCCC1CNc1ccccc1I. The van der Waals surface area contributed by atoms with Gasteiger partial charge in [-0.25, -0.2) is 4.79 Å². The number of nitrogens with zero attached hydrogens (tertiary/aromatic N) is 1. The maximum atomic E-state index is 12.4. The maximum absolute atomic E-state index is 12.4. The van der Waals surface area contributed by atoms with E-state index in [1.54, 1.807) is 0 Å². The third kappa shape index (κ3) is 5.04. The van der Waals surface area contributed by atoms with Gasteiger partial charge < -0.3 is 15.0 Å². The van der Waals surface area contributed by atoms with Gasteiger partial charge in [0.05, 0.1) is 6.04 Å². The number of amides is 1. The molecule has 0 bridgehead atoms. The van der Waals surface area contributed by atoms with E-state index in [9.17, 15) is 4.79 Å². The molecule has 0 radical (unpaired) electrons. The first kappa shape index (κ1) is 17.4. The number of halogens is 1. The molecule has 0 spiro atoms. The lowest BCUT2D eigenvalue weighted by Gasteiger charge is -2.37. The fourth-order valence-corrected chi connectivity index (χ4v) is 3.18. The van der Waals surface area contributed by atoms with Gasteiger partial charge in [-0.15, -0.1) is 0 Å². The Labute approximate surface area is 146 Å². The summed E-state index contributed by atoms with van der Waals surface area (Å²) in [5, 5.41) is 3.47.